The zero-order valence-electron chi connectivity index (χ0n) is 46.4. The summed E-state index contributed by atoms with van der Waals surface area (Å²) in [5, 5.41) is 0. The molecule has 1 unspecified atom stereocenters. The Morgan fingerprint density at radius 3 is 0.875 bits per heavy atom. The first-order valence-electron chi connectivity index (χ1n) is 29.2. The van der Waals surface area contributed by atoms with Crippen molar-refractivity contribution in [1.29, 1.82) is 0 Å². The van der Waals surface area contributed by atoms with E-state index >= 15 is 0 Å². The lowest BCUT2D eigenvalue weighted by Crippen LogP contribution is -2.30. The molecule has 6 heteroatoms. The number of rotatable bonds is 51. The standard InChI is InChI=1S/C66H106O6/c1-4-7-10-13-16-19-22-25-28-31-32-33-34-36-38-41-44-47-50-53-56-59-65(68)71-62-63(61-70-64(67)58-55-52-49-46-43-40-37-30-27-24-21-18-15-12-9-6-3)72-66(69)60-57-54-51-48-45-42-39-35-29-26-23-20-17-14-11-8-5-2/h7-8,10-11,16-17,19-21,24-26,28-30,32-33,36-38,44,47,63H,4-6,9,12-15,18,22-23,27,31,34-35,39-43,45-46,48-62H2,1-3H3/b10-7-,11-8-,19-16-,20-17-,24-21-,28-25-,29-26-,33-32-,37-30-,38-36-,47-44-. The van der Waals surface area contributed by atoms with Crippen LogP contribution in [0, 0.1) is 0 Å². The number of unbranched alkanes of at least 4 members (excludes halogenated alkanes) is 18. The smallest absolute Gasteiger partial charge is 0.306 e. The molecule has 0 bridgehead atoms. The predicted octanol–water partition coefficient (Wildman–Crippen LogP) is 19.8. The minimum atomic E-state index is -0.813. The summed E-state index contributed by atoms with van der Waals surface area (Å²) in [6.45, 7) is 6.34. The van der Waals surface area contributed by atoms with E-state index in [0.29, 0.717) is 25.7 Å². The van der Waals surface area contributed by atoms with Gasteiger partial charge in [0.2, 0.25) is 0 Å². The zero-order chi connectivity index (χ0) is 52.2. The van der Waals surface area contributed by atoms with Gasteiger partial charge in [0.15, 0.2) is 6.10 Å². The molecule has 0 radical (unpaired) electrons. The van der Waals surface area contributed by atoms with Crippen LogP contribution >= 0.6 is 0 Å². The molecule has 0 rings (SSSR count). The van der Waals surface area contributed by atoms with Crippen LogP contribution in [0.1, 0.15) is 245 Å². The van der Waals surface area contributed by atoms with Gasteiger partial charge in [-0.05, 0) is 135 Å². The van der Waals surface area contributed by atoms with Crippen LogP contribution < -0.4 is 0 Å². The second-order valence-corrected chi connectivity index (χ2v) is 18.8. The van der Waals surface area contributed by atoms with Gasteiger partial charge in [-0.25, -0.2) is 0 Å². The van der Waals surface area contributed by atoms with Gasteiger partial charge in [0.25, 0.3) is 0 Å². The van der Waals surface area contributed by atoms with Gasteiger partial charge in [-0.15, -0.1) is 0 Å². The average molecular weight is 996 g/mol. The van der Waals surface area contributed by atoms with Gasteiger partial charge in [0, 0.05) is 19.3 Å². The van der Waals surface area contributed by atoms with Crippen molar-refractivity contribution in [3.63, 3.8) is 0 Å². The maximum Gasteiger partial charge on any atom is 0.306 e. The summed E-state index contributed by atoms with van der Waals surface area (Å²) in [5.41, 5.74) is 0. The molecule has 0 heterocycles. The summed E-state index contributed by atoms with van der Waals surface area (Å²) in [5.74, 6) is -0.978. The van der Waals surface area contributed by atoms with Crippen LogP contribution in [0.4, 0.5) is 0 Å². The third kappa shape index (κ3) is 56.5. The zero-order valence-corrected chi connectivity index (χ0v) is 46.4. The fourth-order valence-corrected chi connectivity index (χ4v) is 7.55. The van der Waals surface area contributed by atoms with E-state index in [-0.39, 0.29) is 31.1 Å². The monoisotopic (exact) mass is 995 g/mol. The Labute approximate surface area is 443 Å². The average Bonchev–Trinajstić information content (AvgIpc) is 3.38. The Balaban J connectivity index is 4.53. The Morgan fingerprint density at radius 2 is 0.542 bits per heavy atom. The number of ether oxygens (including phenoxy) is 3. The van der Waals surface area contributed by atoms with Gasteiger partial charge in [-0.2, -0.15) is 0 Å². The van der Waals surface area contributed by atoms with Gasteiger partial charge in [-0.3, -0.25) is 14.4 Å². The highest BCUT2D eigenvalue weighted by molar-refractivity contribution is 5.71. The second kappa shape index (κ2) is 59.1. The van der Waals surface area contributed by atoms with Crippen molar-refractivity contribution in [2.45, 2.75) is 252 Å². The fourth-order valence-electron chi connectivity index (χ4n) is 7.55. The molecular weight excluding hydrogens is 889 g/mol. The van der Waals surface area contributed by atoms with Crippen molar-refractivity contribution >= 4 is 17.9 Å². The first kappa shape index (κ1) is 67.5. The molecule has 0 saturated heterocycles. The van der Waals surface area contributed by atoms with Gasteiger partial charge < -0.3 is 14.2 Å². The summed E-state index contributed by atoms with van der Waals surface area (Å²) in [4.78, 5) is 38.2. The molecule has 0 aliphatic heterocycles. The number of hydrogen-bond donors (Lipinski definition) is 0. The second-order valence-electron chi connectivity index (χ2n) is 18.8. The van der Waals surface area contributed by atoms with Crippen molar-refractivity contribution in [2.24, 2.45) is 0 Å². The van der Waals surface area contributed by atoms with Crippen LogP contribution in [0.3, 0.4) is 0 Å². The molecule has 0 spiro atoms. The molecule has 406 valence electrons. The lowest BCUT2D eigenvalue weighted by atomic mass is 10.1. The van der Waals surface area contributed by atoms with E-state index in [0.717, 1.165) is 148 Å². The molecule has 0 amide bonds. The molecule has 1 atom stereocenters. The largest absolute Gasteiger partial charge is 0.462 e. The van der Waals surface area contributed by atoms with E-state index in [1.54, 1.807) is 0 Å². The minimum absolute atomic E-state index is 0.108. The van der Waals surface area contributed by atoms with Crippen LogP contribution in [0.15, 0.2) is 134 Å². The van der Waals surface area contributed by atoms with E-state index < -0.39 is 6.10 Å². The quantitative estimate of drug-likeness (QED) is 0.0261. The summed E-state index contributed by atoms with van der Waals surface area (Å²) in [6.07, 6.45) is 82.9. The van der Waals surface area contributed by atoms with Crippen molar-refractivity contribution in [2.75, 3.05) is 13.2 Å². The summed E-state index contributed by atoms with van der Waals surface area (Å²) < 4.78 is 16.8. The van der Waals surface area contributed by atoms with Gasteiger partial charge in [0.1, 0.15) is 13.2 Å². The van der Waals surface area contributed by atoms with Crippen molar-refractivity contribution in [1.82, 2.24) is 0 Å². The van der Waals surface area contributed by atoms with E-state index in [2.05, 4.69) is 154 Å². The van der Waals surface area contributed by atoms with Crippen LogP contribution in [0.25, 0.3) is 0 Å². The van der Waals surface area contributed by atoms with Crippen LogP contribution in [0.5, 0.6) is 0 Å². The third-order valence-corrected chi connectivity index (χ3v) is 11.9. The normalized spacial score (nSPS) is 13.1. The van der Waals surface area contributed by atoms with Crippen LogP contribution in [-0.2, 0) is 28.6 Å². The molecule has 0 N–H and O–H groups in total. The Hall–Kier alpha value is -4.45. The number of carbonyl (C=O) groups is 3. The fraction of sp³-hybridized carbons (Fsp3) is 0.621. The SMILES string of the molecule is CC/C=C\C/C=C\C/C=C\C/C=C\C/C=C\C/C=C\CCCCC(=O)OCC(COC(=O)CCCCCCC/C=C\C/C=C\CCCCCC)OC(=O)CCCCCCCCC/C=C\C/C=C\C/C=C\CC. The number of hydrogen-bond acceptors (Lipinski definition) is 6. The molecule has 0 aliphatic carbocycles. The molecule has 0 aromatic heterocycles. The van der Waals surface area contributed by atoms with Crippen LogP contribution in [0.2, 0.25) is 0 Å². The molecule has 72 heavy (non-hydrogen) atoms. The third-order valence-electron chi connectivity index (χ3n) is 11.9. The predicted molar refractivity (Wildman–Crippen MR) is 311 cm³/mol. The van der Waals surface area contributed by atoms with Crippen molar-refractivity contribution in [3.8, 4) is 0 Å². The first-order chi connectivity index (χ1) is 35.5. The maximum absolute atomic E-state index is 12.9. The van der Waals surface area contributed by atoms with E-state index in [1.807, 2.05) is 0 Å². The Bertz CT molecular complexity index is 1560. The highest BCUT2D eigenvalue weighted by Crippen LogP contribution is 2.13. The minimum Gasteiger partial charge on any atom is -0.462 e. The van der Waals surface area contributed by atoms with Crippen LogP contribution in [-0.4, -0.2) is 37.2 Å². The highest BCUT2D eigenvalue weighted by Gasteiger charge is 2.19. The van der Waals surface area contributed by atoms with E-state index in [9.17, 15) is 14.4 Å². The topological polar surface area (TPSA) is 78.9 Å². The van der Waals surface area contributed by atoms with Crippen molar-refractivity contribution in [3.05, 3.63) is 134 Å². The van der Waals surface area contributed by atoms with E-state index in [4.69, 9.17) is 14.2 Å². The van der Waals surface area contributed by atoms with E-state index in [1.165, 1.54) is 51.4 Å². The van der Waals surface area contributed by atoms with Gasteiger partial charge in [-0.1, -0.05) is 225 Å². The molecule has 0 fully saturated rings. The van der Waals surface area contributed by atoms with Gasteiger partial charge >= 0.3 is 17.9 Å². The molecule has 6 nitrogen and oxygen atoms in total. The number of allylic oxidation sites excluding steroid dienone is 22. The molecule has 0 aromatic carbocycles. The molecular formula is C66H106O6. The molecule has 0 saturated carbocycles. The number of carbonyl (C=O) groups excluding carboxylic acids is 3. The number of esters is 3. The summed E-state index contributed by atoms with van der Waals surface area (Å²) in [7, 11) is 0. The lowest BCUT2D eigenvalue weighted by Gasteiger charge is -2.18. The summed E-state index contributed by atoms with van der Waals surface area (Å²) >= 11 is 0. The molecule has 0 aliphatic rings. The first-order valence-corrected chi connectivity index (χ1v) is 29.2. The van der Waals surface area contributed by atoms with Crippen molar-refractivity contribution < 1.29 is 28.6 Å². The molecule has 0 aromatic rings. The van der Waals surface area contributed by atoms with Gasteiger partial charge in [0.05, 0.1) is 0 Å². The highest BCUT2D eigenvalue weighted by atomic mass is 16.6. The Morgan fingerprint density at radius 1 is 0.292 bits per heavy atom. The lowest BCUT2D eigenvalue weighted by molar-refractivity contribution is -0.167. The Kier molecular flexibility index (Phi) is 55.5. The summed E-state index contributed by atoms with van der Waals surface area (Å²) in [6, 6.07) is 0. The maximum atomic E-state index is 12.9.